The smallest absolute Gasteiger partial charge is 0.266 e. The number of nitrogens with zero attached hydrogens (tertiary/aromatic N) is 2. The van der Waals surface area contributed by atoms with E-state index in [0.717, 1.165) is 5.75 Å². The summed E-state index contributed by atoms with van der Waals surface area (Å²) in [7, 11) is 0. The van der Waals surface area contributed by atoms with E-state index in [2.05, 4.69) is 15.7 Å². The molecule has 0 saturated carbocycles. The third-order valence-electron chi connectivity index (χ3n) is 3.04. The first kappa shape index (κ1) is 15.6. The van der Waals surface area contributed by atoms with Crippen molar-refractivity contribution in [2.24, 2.45) is 0 Å². The Morgan fingerprint density at radius 3 is 3.19 bits per heavy atom. The van der Waals surface area contributed by atoms with Crippen LogP contribution in [0.5, 0.6) is 0 Å². The van der Waals surface area contributed by atoms with E-state index >= 15 is 0 Å². The molecule has 8 heteroatoms. The maximum Gasteiger partial charge on any atom is 0.266 e. The standard InChI is InChI=1S/C13H18N4O3S/c18-11-4-8-21-9-10(16-11)13(20)14-5-2-7-17-12(19)3-1-6-15-17/h1,3,6,10H,2,4-5,7-9H2,(H,14,20)(H,16,18)/t10-/m1/s1. The SMILES string of the molecule is O=C1CCSC[C@H](C(=O)NCCCn2ncccc2=O)N1. The Bertz CT molecular complexity index is 560. The molecule has 1 aromatic rings. The molecule has 0 aliphatic carbocycles. The lowest BCUT2D eigenvalue weighted by Gasteiger charge is -2.15. The minimum atomic E-state index is -0.470. The van der Waals surface area contributed by atoms with Crippen LogP contribution in [-0.4, -0.2) is 45.7 Å². The molecule has 1 aliphatic rings. The number of amides is 2. The van der Waals surface area contributed by atoms with Crippen LogP contribution in [-0.2, 0) is 16.1 Å². The molecule has 0 radical (unpaired) electrons. The normalized spacial score (nSPS) is 18.7. The van der Waals surface area contributed by atoms with Crippen molar-refractivity contribution in [1.82, 2.24) is 20.4 Å². The first-order chi connectivity index (χ1) is 10.2. The Hall–Kier alpha value is -1.83. The minimum Gasteiger partial charge on any atom is -0.354 e. The number of nitrogens with one attached hydrogen (secondary N) is 2. The molecular weight excluding hydrogens is 292 g/mol. The lowest BCUT2D eigenvalue weighted by molar-refractivity contribution is -0.128. The van der Waals surface area contributed by atoms with Crippen LogP contribution < -0.4 is 16.2 Å². The Balaban J connectivity index is 1.73. The van der Waals surface area contributed by atoms with Gasteiger partial charge in [0.1, 0.15) is 6.04 Å². The number of aromatic nitrogens is 2. The Kier molecular flexibility index (Phi) is 5.79. The van der Waals surface area contributed by atoms with Crippen LogP contribution in [0.25, 0.3) is 0 Å². The highest BCUT2D eigenvalue weighted by Crippen LogP contribution is 2.09. The fraction of sp³-hybridized carbons (Fsp3) is 0.538. The lowest BCUT2D eigenvalue weighted by atomic mass is 10.3. The van der Waals surface area contributed by atoms with Crippen LogP contribution in [0, 0.1) is 0 Å². The highest BCUT2D eigenvalue weighted by Gasteiger charge is 2.22. The van der Waals surface area contributed by atoms with E-state index in [9.17, 15) is 14.4 Å². The van der Waals surface area contributed by atoms with Crippen molar-refractivity contribution in [2.75, 3.05) is 18.1 Å². The van der Waals surface area contributed by atoms with Gasteiger partial charge in [-0.15, -0.1) is 0 Å². The molecule has 21 heavy (non-hydrogen) atoms. The molecular formula is C13H18N4O3S. The van der Waals surface area contributed by atoms with Crippen LogP contribution in [0.1, 0.15) is 12.8 Å². The number of hydrogen-bond donors (Lipinski definition) is 2. The molecule has 1 atom stereocenters. The van der Waals surface area contributed by atoms with Crippen LogP contribution >= 0.6 is 11.8 Å². The van der Waals surface area contributed by atoms with Gasteiger partial charge in [-0.3, -0.25) is 14.4 Å². The van der Waals surface area contributed by atoms with E-state index in [0.29, 0.717) is 31.7 Å². The fourth-order valence-electron chi connectivity index (χ4n) is 1.93. The highest BCUT2D eigenvalue weighted by molar-refractivity contribution is 7.99. The number of carbonyl (C=O) groups is 2. The first-order valence-corrected chi connectivity index (χ1v) is 7.99. The van der Waals surface area contributed by atoms with E-state index in [1.54, 1.807) is 24.0 Å². The topological polar surface area (TPSA) is 93.1 Å². The molecule has 1 fully saturated rings. The average Bonchev–Trinajstić information content (AvgIpc) is 2.70. The predicted molar refractivity (Wildman–Crippen MR) is 80.0 cm³/mol. The van der Waals surface area contributed by atoms with Gasteiger partial charge in [0.15, 0.2) is 0 Å². The predicted octanol–water partition coefficient (Wildman–Crippen LogP) is -0.629. The zero-order valence-corrected chi connectivity index (χ0v) is 12.4. The molecule has 0 spiro atoms. The van der Waals surface area contributed by atoms with Crippen molar-refractivity contribution in [3.05, 3.63) is 28.7 Å². The largest absolute Gasteiger partial charge is 0.354 e. The van der Waals surface area contributed by atoms with Crippen molar-refractivity contribution in [2.45, 2.75) is 25.4 Å². The lowest BCUT2D eigenvalue weighted by Crippen LogP contribution is -2.47. The number of rotatable bonds is 5. The third-order valence-corrected chi connectivity index (χ3v) is 4.10. The fourth-order valence-corrected chi connectivity index (χ4v) is 2.90. The summed E-state index contributed by atoms with van der Waals surface area (Å²) in [5, 5.41) is 9.43. The molecule has 1 aliphatic heterocycles. The summed E-state index contributed by atoms with van der Waals surface area (Å²) in [5.74, 6) is 1.08. The summed E-state index contributed by atoms with van der Waals surface area (Å²) in [4.78, 5) is 34.8. The number of carbonyl (C=O) groups excluding carboxylic acids is 2. The van der Waals surface area contributed by atoms with Crippen LogP contribution in [0.3, 0.4) is 0 Å². The first-order valence-electron chi connectivity index (χ1n) is 6.84. The Morgan fingerprint density at radius 2 is 2.38 bits per heavy atom. The number of aryl methyl sites for hydroxylation is 1. The van der Waals surface area contributed by atoms with Gasteiger partial charge < -0.3 is 10.6 Å². The van der Waals surface area contributed by atoms with Gasteiger partial charge in [0.05, 0.1) is 0 Å². The molecule has 0 aromatic carbocycles. The van der Waals surface area contributed by atoms with Crippen LogP contribution in [0.2, 0.25) is 0 Å². The zero-order valence-electron chi connectivity index (χ0n) is 11.6. The summed E-state index contributed by atoms with van der Waals surface area (Å²) in [6, 6.07) is 2.57. The maximum absolute atomic E-state index is 12.0. The monoisotopic (exact) mass is 310 g/mol. The minimum absolute atomic E-state index is 0.0832. The third kappa shape index (κ3) is 4.89. The van der Waals surface area contributed by atoms with Gasteiger partial charge in [-0.05, 0) is 12.5 Å². The van der Waals surface area contributed by atoms with Gasteiger partial charge >= 0.3 is 0 Å². The summed E-state index contributed by atoms with van der Waals surface area (Å²) in [6.07, 6.45) is 2.62. The van der Waals surface area contributed by atoms with Gasteiger partial charge in [-0.25, -0.2) is 4.68 Å². The number of hydrogen-bond acceptors (Lipinski definition) is 5. The van der Waals surface area contributed by atoms with E-state index < -0.39 is 6.04 Å². The second-order valence-electron chi connectivity index (χ2n) is 4.67. The second-order valence-corrected chi connectivity index (χ2v) is 5.82. The molecule has 2 rings (SSSR count). The average molecular weight is 310 g/mol. The Labute approximate surface area is 126 Å². The van der Waals surface area contributed by atoms with Crippen LogP contribution in [0.4, 0.5) is 0 Å². The van der Waals surface area contributed by atoms with Gasteiger partial charge in [-0.2, -0.15) is 16.9 Å². The van der Waals surface area contributed by atoms with Gasteiger partial charge in [0, 0.05) is 43.3 Å². The van der Waals surface area contributed by atoms with E-state index in [4.69, 9.17) is 0 Å². The van der Waals surface area contributed by atoms with Crippen molar-refractivity contribution in [3.8, 4) is 0 Å². The van der Waals surface area contributed by atoms with Crippen molar-refractivity contribution >= 4 is 23.6 Å². The summed E-state index contributed by atoms with van der Waals surface area (Å²) in [6.45, 7) is 0.893. The van der Waals surface area contributed by atoms with E-state index in [-0.39, 0.29) is 17.4 Å². The summed E-state index contributed by atoms with van der Waals surface area (Å²) < 4.78 is 1.36. The summed E-state index contributed by atoms with van der Waals surface area (Å²) >= 11 is 1.59. The van der Waals surface area contributed by atoms with E-state index in [1.165, 1.54) is 10.7 Å². The molecule has 114 valence electrons. The number of thioether (sulfide) groups is 1. The Morgan fingerprint density at radius 1 is 1.52 bits per heavy atom. The molecule has 2 amide bonds. The molecule has 2 heterocycles. The maximum atomic E-state index is 12.0. The molecule has 2 N–H and O–H groups in total. The van der Waals surface area contributed by atoms with Crippen LogP contribution in [0.15, 0.2) is 23.1 Å². The molecule has 0 bridgehead atoms. The van der Waals surface area contributed by atoms with Gasteiger partial charge in [0.25, 0.3) is 5.56 Å². The van der Waals surface area contributed by atoms with Crippen molar-refractivity contribution in [3.63, 3.8) is 0 Å². The van der Waals surface area contributed by atoms with Gasteiger partial charge in [-0.1, -0.05) is 0 Å². The van der Waals surface area contributed by atoms with Crippen molar-refractivity contribution < 1.29 is 9.59 Å². The zero-order chi connectivity index (χ0) is 15.1. The highest BCUT2D eigenvalue weighted by atomic mass is 32.2. The molecule has 7 nitrogen and oxygen atoms in total. The summed E-state index contributed by atoms with van der Waals surface area (Å²) in [5.41, 5.74) is -0.156. The van der Waals surface area contributed by atoms with Crippen molar-refractivity contribution in [1.29, 1.82) is 0 Å². The molecule has 0 unspecified atom stereocenters. The molecule has 1 saturated heterocycles. The van der Waals surface area contributed by atoms with Gasteiger partial charge in [0.2, 0.25) is 11.8 Å². The molecule has 1 aromatic heterocycles. The quantitative estimate of drug-likeness (QED) is 0.707. The second kappa shape index (κ2) is 7.82. The van der Waals surface area contributed by atoms with E-state index in [1.807, 2.05) is 0 Å².